The van der Waals surface area contributed by atoms with Crippen LogP contribution in [0.3, 0.4) is 0 Å². The highest BCUT2D eigenvalue weighted by atomic mass is 16.6. The van der Waals surface area contributed by atoms with E-state index in [2.05, 4.69) is 12.7 Å². The fourth-order valence-corrected chi connectivity index (χ4v) is 4.81. The lowest BCUT2D eigenvalue weighted by molar-refractivity contribution is -0.148. The minimum Gasteiger partial charge on any atom is -0.493 e. The van der Waals surface area contributed by atoms with Gasteiger partial charge in [-0.25, -0.2) is 4.79 Å². The third kappa shape index (κ3) is 8.00. The molecule has 8 heteroatoms. The van der Waals surface area contributed by atoms with Gasteiger partial charge in [-0.15, -0.1) is 0 Å². The van der Waals surface area contributed by atoms with Crippen LogP contribution in [0.1, 0.15) is 51.4 Å². The normalized spacial score (nSPS) is 37.8. The van der Waals surface area contributed by atoms with Gasteiger partial charge in [-0.2, -0.15) is 0 Å². The maximum Gasteiger partial charge on any atom is 0.330 e. The molecule has 4 heterocycles. The number of ketones is 1. The molecule has 0 aliphatic carbocycles. The van der Waals surface area contributed by atoms with Gasteiger partial charge in [0.25, 0.3) is 0 Å². The molecule has 8 nitrogen and oxygen atoms in total. The second kappa shape index (κ2) is 12.6. The van der Waals surface area contributed by atoms with Crippen molar-refractivity contribution in [3.05, 3.63) is 60.9 Å². The van der Waals surface area contributed by atoms with Gasteiger partial charge >= 0.3 is 5.97 Å². The highest BCUT2D eigenvalue weighted by Gasteiger charge is 2.46. The lowest BCUT2D eigenvalue weighted by Crippen LogP contribution is -2.32. The van der Waals surface area contributed by atoms with Crippen LogP contribution in [0.15, 0.2) is 60.9 Å². The molecule has 0 aromatic carbocycles. The number of ether oxygens (including phenoxy) is 4. The molecule has 2 N–H and O–H groups in total. The lowest BCUT2D eigenvalue weighted by atomic mass is 9.97. The van der Waals surface area contributed by atoms with Crippen LogP contribution < -0.4 is 0 Å². The SMILES string of the molecule is C=C1CCC[C@@H]2CC=C[C@@H](C/C=C\C(=O)O[C@H]([C@@H](O)/C=C/C3CC(=O)C=CO3)C[C@@H]3O[C@H]3[C@@H](O)C1)O2. The third-order valence-electron chi connectivity index (χ3n) is 6.84. The standard InChI is InChI=1S/C28H36O8/c1-18-5-2-6-20-7-3-8-21(34-20)9-4-10-27(32)35-25(17-26-28(36-26)24(31)15-18)23(30)12-11-22-16-19(29)13-14-33-22/h3-4,8,10-14,20-26,28,30-31H,1-2,5-7,9,15-17H2/b10-4-,12-11+/t20-,21+,22?,23+,24+,25+,26+,28+/m1/s1. The van der Waals surface area contributed by atoms with Crippen LogP contribution >= 0.6 is 0 Å². The summed E-state index contributed by atoms with van der Waals surface area (Å²) in [7, 11) is 0. The van der Waals surface area contributed by atoms with Crippen molar-refractivity contribution < 1.29 is 38.7 Å². The Balaban J connectivity index is 1.43. The highest BCUT2D eigenvalue weighted by Crippen LogP contribution is 2.34. The number of carbonyl (C=O) groups excluding carboxylic acids is 2. The van der Waals surface area contributed by atoms with E-state index in [0.29, 0.717) is 12.8 Å². The molecule has 2 bridgehead atoms. The second-order valence-electron chi connectivity index (χ2n) is 9.89. The van der Waals surface area contributed by atoms with E-state index < -0.39 is 36.5 Å². The molecule has 196 valence electrons. The van der Waals surface area contributed by atoms with E-state index in [9.17, 15) is 19.8 Å². The predicted molar refractivity (Wildman–Crippen MR) is 132 cm³/mol. The zero-order valence-corrected chi connectivity index (χ0v) is 20.4. The summed E-state index contributed by atoms with van der Waals surface area (Å²) in [6.07, 6.45) is 13.9. The van der Waals surface area contributed by atoms with Crippen LogP contribution in [0, 0.1) is 0 Å². The number of rotatable bonds is 3. The van der Waals surface area contributed by atoms with Crippen LogP contribution in [0.2, 0.25) is 0 Å². The van der Waals surface area contributed by atoms with Crippen molar-refractivity contribution in [1.82, 2.24) is 0 Å². The van der Waals surface area contributed by atoms with Crippen LogP contribution in [0.4, 0.5) is 0 Å². The first kappa shape index (κ1) is 26.5. The Bertz CT molecular complexity index is 919. The largest absolute Gasteiger partial charge is 0.493 e. The summed E-state index contributed by atoms with van der Waals surface area (Å²) in [5.74, 6) is -0.644. The minimum absolute atomic E-state index is 0.0638. The minimum atomic E-state index is -1.14. The van der Waals surface area contributed by atoms with Gasteiger partial charge in [0.1, 0.15) is 24.4 Å². The molecular formula is C28H36O8. The maximum absolute atomic E-state index is 12.6. The van der Waals surface area contributed by atoms with Crippen molar-refractivity contribution in [2.75, 3.05) is 0 Å². The molecular weight excluding hydrogens is 464 g/mol. The third-order valence-corrected chi connectivity index (χ3v) is 6.84. The number of aliphatic hydroxyl groups excluding tert-OH is 2. The Labute approximate surface area is 211 Å². The first-order valence-corrected chi connectivity index (χ1v) is 12.8. The lowest BCUT2D eigenvalue weighted by Gasteiger charge is -2.25. The van der Waals surface area contributed by atoms with Gasteiger partial charge in [-0.05, 0) is 44.6 Å². The number of hydrogen-bond donors (Lipinski definition) is 2. The predicted octanol–water partition coefficient (Wildman–Crippen LogP) is 3.00. The van der Waals surface area contributed by atoms with E-state index in [-0.39, 0.29) is 36.9 Å². The van der Waals surface area contributed by atoms with Gasteiger partial charge < -0.3 is 29.2 Å². The van der Waals surface area contributed by atoms with Gasteiger partial charge in [-0.3, -0.25) is 4.79 Å². The summed E-state index contributed by atoms with van der Waals surface area (Å²) in [5, 5.41) is 21.4. The molecule has 1 unspecified atom stereocenters. The molecule has 0 radical (unpaired) electrons. The number of allylic oxidation sites excluding steroid dienone is 1. The summed E-state index contributed by atoms with van der Waals surface area (Å²) < 4.78 is 22.8. The molecule has 1 saturated heterocycles. The zero-order chi connectivity index (χ0) is 25.5. The van der Waals surface area contributed by atoms with Gasteiger partial charge in [0, 0.05) is 18.6 Å². The zero-order valence-electron chi connectivity index (χ0n) is 20.4. The number of epoxide rings is 1. The smallest absolute Gasteiger partial charge is 0.330 e. The van der Waals surface area contributed by atoms with E-state index >= 15 is 0 Å². The number of carbonyl (C=O) groups is 2. The summed E-state index contributed by atoms with van der Waals surface area (Å²) in [6, 6.07) is 0. The van der Waals surface area contributed by atoms with E-state index in [0.717, 1.165) is 31.3 Å². The Hall–Kier alpha value is -2.52. The van der Waals surface area contributed by atoms with Crippen LogP contribution in [-0.2, 0) is 28.5 Å². The fourth-order valence-electron chi connectivity index (χ4n) is 4.81. The van der Waals surface area contributed by atoms with Crippen molar-refractivity contribution in [2.24, 2.45) is 0 Å². The Morgan fingerprint density at radius 1 is 1.11 bits per heavy atom. The summed E-state index contributed by atoms with van der Waals surface area (Å²) in [6.45, 7) is 4.12. The topological polar surface area (TPSA) is 115 Å². The average molecular weight is 501 g/mol. The molecule has 4 aliphatic rings. The molecule has 0 saturated carbocycles. The van der Waals surface area contributed by atoms with Gasteiger partial charge in [0.15, 0.2) is 5.78 Å². The second-order valence-corrected chi connectivity index (χ2v) is 9.89. The number of hydrogen-bond acceptors (Lipinski definition) is 8. The van der Waals surface area contributed by atoms with Crippen LogP contribution in [0.5, 0.6) is 0 Å². The molecule has 4 rings (SSSR count). The number of esters is 1. The van der Waals surface area contributed by atoms with E-state index in [1.165, 1.54) is 24.5 Å². The number of fused-ring (bicyclic) bond motifs is 3. The molecule has 0 spiro atoms. The Kier molecular flexibility index (Phi) is 9.31. The average Bonchev–Trinajstić information content (AvgIpc) is 3.61. The fraction of sp³-hybridized carbons (Fsp3) is 0.571. The molecule has 0 aromatic heterocycles. The summed E-state index contributed by atoms with van der Waals surface area (Å²) >= 11 is 0. The monoisotopic (exact) mass is 500 g/mol. The van der Waals surface area contributed by atoms with E-state index in [4.69, 9.17) is 18.9 Å². The van der Waals surface area contributed by atoms with Gasteiger partial charge in [0.2, 0.25) is 0 Å². The van der Waals surface area contributed by atoms with Crippen molar-refractivity contribution >= 4 is 11.8 Å². The van der Waals surface area contributed by atoms with Crippen molar-refractivity contribution in [2.45, 2.75) is 100 Å². The molecule has 1 fully saturated rings. The van der Waals surface area contributed by atoms with Gasteiger partial charge in [0.05, 0.1) is 37.1 Å². The number of aliphatic hydroxyl groups is 2. The quantitative estimate of drug-likeness (QED) is 0.345. The van der Waals surface area contributed by atoms with E-state index in [1.54, 1.807) is 12.2 Å². The summed E-state index contributed by atoms with van der Waals surface area (Å²) in [5.41, 5.74) is 0.964. The molecule has 4 aliphatic heterocycles. The summed E-state index contributed by atoms with van der Waals surface area (Å²) in [4.78, 5) is 24.1. The Morgan fingerprint density at radius 3 is 2.81 bits per heavy atom. The molecule has 36 heavy (non-hydrogen) atoms. The molecule has 8 atom stereocenters. The first-order valence-electron chi connectivity index (χ1n) is 12.8. The molecule has 0 amide bonds. The van der Waals surface area contributed by atoms with Crippen LogP contribution in [0.25, 0.3) is 0 Å². The van der Waals surface area contributed by atoms with Crippen molar-refractivity contribution in [1.29, 1.82) is 0 Å². The molecule has 0 aromatic rings. The highest BCUT2D eigenvalue weighted by molar-refractivity contribution is 5.90. The van der Waals surface area contributed by atoms with Crippen molar-refractivity contribution in [3.8, 4) is 0 Å². The van der Waals surface area contributed by atoms with E-state index in [1.807, 2.05) is 6.08 Å². The number of cyclic esters (lactones) is 1. The maximum atomic E-state index is 12.6. The van der Waals surface area contributed by atoms with Crippen molar-refractivity contribution in [3.63, 3.8) is 0 Å². The Morgan fingerprint density at radius 2 is 1.97 bits per heavy atom. The first-order chi connectivity index (χ1) is 17.4. The van der Waals surface area contributed by atoms with Crippen LogP contribution in [-0.4, -0.2) is 70.8 Å². The van der Waals surface area contributed by atoms with Gasteiger partial charge in [-0.1, -0.05) is 36.5 Å².